The van der Waals surface area contributed by atoms with Gasteiger partial charge >= 0.3 is 0 Å². The van der Waals surface area contributed by atoms with Crippen LogP contribution in [0.1, 0.15) is 27.2 Å². The van der Waals surface area contributed by atoms with Crippen molar-refractivity contribution < 1.29 is 9.47 Å². The van der Waals surface area contributed by atoms with E-state index in [1.165, 1.54) is 0 Å². The average molecular weight is 258 g/mol. The molecule has 1 atom stereocenters. The molecule has 4 heteroatoms. The van der Waals surface area contributed by atoms with Crippen LogP contribution in [0.5, 0.6) is 0 Å². The van der Waals surface area contributed by atoms with E-state index < -0.39 is 0 Å². The second-order valence-corrected chi connectivity index (χ2v) is 5.56. The molecule has 1 N–H and O–H groups in total. The lowest BCUT2D eigenvalue weighted by molar-refractivity contribution is 0.0338. The van der Waals surface area contributed by atoms with Gasteiger partial charge in [-0.25, -0.2) is 0 Å². The monoisotopic (exact) mass is 258 g/mol. The van der Waals surface area contributed by atoms with Crippen LogP contribution >= 0.6 is 0 Å². The summed E-state index contributed by atoms with van der Waals surface area (Å²) in [4.78, 5) is 2.46. The fourth-order valence-corrected chi connectivity index (χ4v) is 2.03. The molecule has 108 valence electrons. The summed E-state index contributed by atoms with van der Waals surface area (Å²) in [5.41, 5.74) is 0. The van der Waals surface area contributed by atoms with Crippen LogP contribution in [0.2, 0.25) is 0 Å². The first kappa shape index (κ1) is 15.9. The number of morpholine rings is 1. The van der Waals surface area contributed by atoms with Gasteiger partial charge in [0.25, 0.3) is 0 Å². The first-order chi connectivity index (χ1) is 8.68. The van der Waals surface area contributed by atoms with E-state index in [9.17, 15) is 0 Å². The topological polar surface area (TPSA) is 33.7 Å². The lowest BCUT2D eigenvalue weighted by atomic mass is 10.1. The van der Waals surface area contributed by atoms with Gasteiger partial charge in [0.05, 0.1) is 19.8 Å². The van der Waals surface area contributed by atoms with E-state index in [1.54, 1.807) is 0 Å². The Morgan fingerprint density at radius 1 is 1.17 bits per heavy atom. The quantitative estimate of drug-likeness (QED) is 0.633. The predicted octanol–water partition coefficient (Wildman–Crippen LogP) is 1.36. The Balaban J connectivity index is 1.91. The van der Waals surface area contributed by atoms with Gasteiger partial charge in [0.1, 0.15) is 0 Å². The van der Waals surface area contributed by atoms with Gasteiger partial charge in [-0.3, -0.25) is 4.90 Å². The fourth-order valence-electron chi connectivity index (χ4n) is 2.03. The van der Waals surface area contributed by atoms with E-state index in [-0.39, 0.29) is 0 Å². The first-order valence-corrected chi connectivity index (χ1v) is 7.29. The molecule has 1 aliphatic rings. The molecule has 0 aromatic carbocycles. The van der Waals surface area contributed by atoms with Crippen molar-refractivity contribution in [2.75, 3.05) is 52.6 Å². The van der Waals surface area contributed by atoms with Gasteiger partial charge in [-0.15, -0.1) is 0 Å². The minimum absolute atomic E-state index is 0.525. The van der Waals surface area contributed by atoms with E-state index in [0.29, 0.717) is 6.04 Å². The summed E-state index contributed by atoms with van der Waals surface area (Å²) in [6.45, 7) is 14.3. The van der Waals surface area contributed by atoms with Crippen molar-refractivity contribution in [3.8, 4) is 0 Å². The zero-order valence-electron chi connectivity index (χ0n) is 12.3. The fraction of sp³-hybridized carbons (Fsp3) is 1.00. The number of hydrogen-bond donors (Lipinski definition) is 1. The van der Waals surface area contributed by atoms with Crippen LogP contribution in [0.25, 0.3) is 0 Å². The highest BCUT2D eigenvalue weighted by Crippen LogP contribution is 1.99. The average Bonchev–Trinajstić information content (AvgIpc) is 2.34. The van der Waals surface area contributed by atoms with E-state index in [2.05, 4.69) is 31.0 Å². The standard InChI is InChI=1S/C14H30N2O2/c1-13(2)4-8-17-9-5-15-14(3)12-16-6-10-18-11-7-16/h13-15H,4-12H2,1-3H3. The summed E-state index contributed by atoms with van der Waals surface area (Å²) in [5.74, 6) is 0.734. The van der Waals surface area contributed by atoms with Gasteiger partial charge in [-0.1, -0.05) is 13.8 Å². The van der Waals surface area contributed by atoms with Crippen molar-refractivity contribution >= 4 is 0 Å². The SMILES string of the molecule is CC(C)CCOCCNC(C)CN1CCOCC1. The van der Waals surface area contributed by atoms with Gasteiger partial charge in [0, 0.05) is 38.8 Å². The van der Waals surface area contributed by atoms with Crippen molar-refractivity contribution in [3.05, 3.63) is 0 Å². The van der Waals surface area contributed by atoms with Crippen LogP contribution in [0.15, 0.2) is 0 Å². The Hall–Kier alpha value is -0.160. The summed E-state index contributed by atoms with van der Waals surface area (Å²) in [5, 5.41) is 3.51. The summed E-state index contributed by atoms with van der Waals surface area (Å²) < 4.78 is 10.9. The van der Waals surface area contributed by atoms with Gasteiger partial charge in [0.15, 0.2) is 0 Å². The van der Waals surface area contributed by atoms with Crippen LogP contribution in [-0.2, 0) is 9.47 Å². The summed E-state index contributed by atoms with van der Waals surface area (Å²) in [6, 6.07) is 0.525. The van der Waals surface area contributed by atoms with Crippen LogP contribution in [0.3, 0.4) is 0 Å². The molecule has 1 saturated heterocycles. The highest BCUT2D eigenvalue weighted by Gasteiger charge is 2.12. The second-order valence-electron chi connectivity index (χ2n) is 5.56. The largest absolute Gasteiger partial charge is 0.380 e. The van der Waals surface area contributed by atoms with Crippen molar-refractivity contribution in [1.29, 1.82) is 0 Å². The smallest absolute Gasteiger partial charge is 0.0594 e. The number of ether oxygens (including phenoxy) is 2. The van der Waals surface area contributed by atoms with Gasteiger partial charge in [-0.05, 0) is 19.3 Å². The van der Waals surface area contributed by atoms with E-state index in [1.807, 2.05) is 0 Å². The Bertz CT molecular complexity index is 194. The minimum atomic E-state index is 0.525. The van der Waals surface area contributed by atoms with Gasteiger partial charge in [0.2, 0.25) is 0 Å². The molecular formula is C14H30N2O2. The summed E-state index contributed by atoms with van der Waals surface area (Å²) >= 11 is 0. The van der Waals surface area contributed by atoms with Gasteiger partial charge < -0.3 is 14.8 Å². The lowest BCUT2D eigenvalue weighted by Gasteiger charge is -2.29. The third kappa shape index (κ3) is 8.03. The molecule has 0 aromatic heterocycles. The van der Waals surface area contributed by atoms with Crippen LogP contribution in [0.4, 0.5) is 0 Å². The maximum absolute atomic E-state index is 5.59. The highest BCUT2D eigenvalue weighted by molar-refractivity contribution is 4.69. The zero-order valence-corrected chi connectivity index (χ0v) is 12.3. The van der Waals surface area contributed by atoms with Crippen molar-refractivity contribution in [3.63, 3.8) is 0 Å². The number of hydrogen-bond acceptors (Lipinski definition) is 4. The molecular weight excluding hydrogens is 228 g/mol. The Labute approximate surface area is 112 Å². The van der Waals surface area contributed by atoms with E-state index >= 15 is 0 Å². The molecule has 0 aliphatic carbocycles. The zero-order chi connectivity index (χ0) is 13.2. The maximum atomic E-state index is 5.59. The Kier molecular flexibility index (Phi) is 8.59. The number of rotatable bonds is 9. The minimum Gasteiger partial charge on any atom is -0.380 e. The summed E-state index contributed by atoms with van der Waals surface area (Å²) in [7, 11) is 0. The van der Waals surface area contributed by atoms with E-state index in [4.69, 9.17) is 9.47 Å². The molecule has 0 radical (unpaired) electrons. The molecule has 0 bridgehead atoms. The molecule has 1 heterocycles. The Morgan fingerprint density at radius 3 is 2.56 bits per heavy atom. The molecule has 0 saturated carbocycles. The van der Waals surface area contributed by atoms with E-state index in [0.717, 1.165) is 64.9 Å². The Morgan fingerprint density at radius 2 is 1.89 bits per heavy atom. The van der Waals surface area contributed by atoms with Crippen LogP contribution in [0, 0.1) is 5.92 Å². The highest BCUT2D eigenvalue weighted by atomic mass is 16.5. The predicted molar refractivity (Wildman–Crippen MR) is 75.0 cm³/mol. The lowest BCUT2D eigenvalue weighted by Crippen LogP contribution is -2.45. The maximum Gasteiger partial charge on any atom is 0.0594 e. The molecule has 1 aliphatic heterocycles. The molecule has 1 unspecified atom stereocenters. The third-order valence-electron chi connectivity index (χ3n) is 3.21. The second kappa shape index (κ2) is 9.73. The molecule has 0 aromatic rings. The molecule has 4 nitrogen and oxygen atoms in total. The summed E-state index contributed by atoms with van der Waals surface area (Å²) in [6.07, 6.45) is 1.16. The normalized spacial score (nSPS) is 19.3. The molecule has 1 rings (SSSR count). The van der Waals surface area contributed by atoms with Crippen molar-refractivity contribution in [2.24, 2.45) is 5.92 Å². The number of nitrogens with zero attached hydrogens (tertiary/aromatic N) is 1. The molecule has 1 fully saturated rings. The molecule has 18 heavy (non-hydrogen) atoms. The molecule has 0 spiro atoms. The van der Waals surface area contributed by atoms with Crippen molar-refractivity contribution in [1.82, 2.24) is 10.2 Å². The van der Waals surface area contributed by atoms with Crippen LogP contribution < -0.4 is 5.32 Å². The first-order valence-electron chi connectivity index (χ1n) is 7.29. The van der Waals surface area contributed by atoms with Crippen molar-refractivity contribution in [2.45, 2.75) is 33.2 Å². The third-order valence-corrected chi connectivity index (χ3v) is 3.21. The number of nitrogens with one attached hydrogen (secondary N) is 1. The molecule has 0 amide bonds. The van der Waals surface area contributed by atoms with Gasteiger partial charge in [-0.2, -0.15) is 0 Å². The van der Waals surface area contributed by atoms with Crippen LogP contribution in [-0.4, -0.2) is 63.5 Å².